The van der Waals surface area contributed by atoms with Gasteiger partial charge in [0, 0.05) is 0 Å². The molecule has 1 aliphatic carbocycles. The lowest BCUT2D eigenvalue weighted by atomic mass is 9.82. The van der Waals surface area contributed by atoms with Crippen molar-refractivity contribution in [2.45, 2.75) is 35.6 Å². The van der Waals surface area contributed by atoms with Crippen molar-refractivity contribution < 1.29 is 18.0 Å². The molecule has 1 saturated carbocycles. The van der Waals surface area contributed by atoms with Crippen molar-refractivity contribution in [2.75, 3.05) is 0 Å². The minimum absolute atomic E-state index is 0.0515. The minimum atomic E-state index is -4.40. The molecule has 0 unspecified atom stereocenters. The summed E-state index contributed by atoms with van der Waals surface area (Å²) in [4.78, 5) is 25.6. The van der Waals surface area contributed by atoms with Crippen LogP contribution in [0.1, 0.15) is 25.8 Å². The molecule has 12 heteroatoms. The Bertz CT molecular complexity index is 1650. The smallest absolute Gasteiger partial charge is 0.362 e. The standard InChI is InChI=1S/C20H16ClFN4O5S/c1-9-4-10(5-9)25-15-7-11(6-14(22)12(15)8-23-25)32(30,31)16-3-2-13(21)17-18(16)24-20(28)26(29)19(17)27/h2-3,6-10,29H,4-5H2,1H3,(H,24,28). The fourth-order valence-corrected chi connectivity index (χ4v) is 5.87. The van der Waals surface area contributed by atoms with E-state index in [0.717, 1.165) is 31.0 Å². The van der Waals surface area contributed by atoms with Crippen molar-refractivity contribution in [2.24, 2.45) is 5.92 Å². The molecule has 0 aliphatic heterocycles. The largest absolute Gasteiger partial charge is 0.421 e. The highest BCUT2D eigenvalue weighted by atomic mass is 35.5. The molecule has 0 amide bonds. The predicted molar refractivity (Wildman–Crippen MR) is 114 cm³/mol. The Labute approximate surface area is 184 Å². The van der Waals surface area contributed by atoms with E-state index in [0.29, 0.717) is 11.4 Å². The summed E-state index contributed by atoms with van der Waals surface area (Å²) in [5.41, 5.74) is -2.45. The van der Waals surface area contributed by atoms with E-state index in [1.807, 2.05) is 0 Å². The summed E-state index contributed by atoms with van der Waals surface area (Å²) in [5.74, 6) is -0.256. The summed E-state index contributed by atoms with van der Waals surface area (Å²) < 4.78 is 43.2. The highest BCUT2D eigenvalue weighted by Crippen LogP contribution is 2.39. The third-order valence-corrected chi connectivity index (χ3v) is 7.97. The second kappa shape index (κ2) is 6.91. The average molecular weight is 479 g/mol. The molecule has 2 heterocycles. The first kappa shape index (κ1) is 20.7. The van der Waals surface area contributed by atoms with E-state index in [9.17, 15) is 27.6 Å². The fourth-order valence-electron chi connectivity index (χ4n) is 4.18. The summed E-state index contributed by atoms with van der Waals surface area (Å²) >= 11 is 6.02. The molecule has 0 saturated heterocycles. The van der Waals surface area contributed by atoms with Crippen molar-refractivity contribution in [1.82, 2.24) is 19.5 Å². The van der Waals surface area contributed by atoms with E-state index >= 15 is 0 Å². The van der Waals surface area contributed by atoms with Crippen molar-refractivity contribution in [3.05, 3.63) is 62.1 Å². The number of aromatic amines is 1. The van der Waals surface area contributed by atoms with Gasteiger partial charge in [-0.1, -0.05) is 23.3 Å². The van der Waals surface area contributed by atoms with Crippen molar-refractivity contribution in [3.63, 3.8) is 0 Å². The van der Waals surface area contributed by atoms with Gasteiger partial charge in [-0.3, -0.25) is 9.48 Å². The van der Waals surface area contributed by atoms with Crippen LogP contribution in [0.4, 0.5) is 4.39 Å². The molecule has 166 valence electrons. The van der Waals surface area contributed by atoms with Crippen LogP contribution in [0.3, 0.4) is 0 Å². The number of rotatable bonds is 3. The molecule has 1 aliphatic rings. The van der Waals surface area contributed by atoms with Crippen molar-refractivity contribution in [3.8, 4) is 0 Å². The number of fused-ring (bicyclic) bond motifs is 2. The van der Waals surface area contributed by atoms with E-state index in [2.05, 4.69) is 17.0 Å². The Kier molecular flexibility index (Phi) is 4.47. The monoisotopic (exact) mass is 478 g/mol. The van der Waals surface area contributed by atoms with Crippen molar-refractivity contribution in [1.29, 1.82) is 0 Å². The van der Waals surface area contributed by atoms with Crippen molar-refractivity contribution >= 4 is 43.2 Å². The maximum absolute atomic E-state index is 14.8. The Hall–Kier alpha value is -3.18. The molecule has 1 fully saturated rings. The second-order valence-corrected chi connectivity index (χ2v) is 10.3. The lowest BCUT2D eigenvalue weighted by molar-refractivity contribution is 0.162. The average Bonchev–Trinajstić information content (AvgIpc) is 3.13. The summed E-state index contributed by atoms with van der Waals surface area (Å²) in [6, 6.07) is 4.53. The maximum Gasteiger partial charge on any atom is 0.362 e. The second-order valence-electron chi connectivity index (χ2n) is 8.00. The third kappa shape index (κ3) is 2.88. The molecule has 2 N–H and O–H groups in total. The molecule has 0 spiro atoms. The zero-order valence-electron chi connectivity index (χ0n) is 16.5. The van der Waals surface area contributed by atoms with E-state index in [1.165, 1.54) is 12.3 Å². The van der Waals surface area contributed by atoms with Gasteiger partial charge >= 0.3 is 5.69 Å². The van der Waals surface area contributed by atoms with Gasteiger partial charge in [0.25, 0.3) is 5.56 Å². The van der Waals surface area contributed by atoms with Gasteiger partial charge in [0.1, 0.15) is 5.82 Å². The minimum Gasteiger partial charge on any atom is -0.421 e. The summed E-state index contributed by atoms with van der Waals surface area (Å²) in [5, 5.41) is 13.5. The third-order valence-electron chi connectivity index (χ3n) is 5.88. The topological polar surface area (TPSA) is 127 Å². The lowest BCUT2D eigenvalue weighted by Crippen LogP contribution is -2.33. The molecule has 32 heavy (non-hydrogen) atoms. The first-order valence-electron chi connectivity index (χ1n) is 9.68. The highest BCUT2D eigenvalue weighted by Gasteiger charge is 2.30. The summed E-state index contributed by atoms with van der Waals surface area (Å²) in [7, 11) is -4.40. The summed E-state index contributed by atoms with van der Waals surface area (Å²) in [6.07, 6.45) is 3.07. The molecule has 2 aromatic carbocycles. The molecule has 4 aromatic rings. The number of hydrogen-bond acceptors (Lipinski definition) is 6. The van der Waals surface area contributed by atoms with Gasteiger partial charge in [-0.15, -0.1) is 0 Å². The van der Waals surface area contributed by atoms with Crippen LogP contribution in [-0.4, -0.2) is 33.1 Å². The molecule has 9 nitrogen and oxygen atoms in total. The van der Waals surface area contributed by atoms with Gasteiger partial charge in [-0.25, -0.2) is 17.6 Å². The fraction of sp³-hybridized carbons (Fsp3) is 0.250. The quantitative estimate of drug-likeness (QED) is 0.436. The number of halogens is 2. The number of sulfone groups is 1. The van der Waals surface area contributed by atoms with Gasteiger partial charge in [-0.2, -0.15) is 5.10 Å². The number of nitrogens with zero attached hydrogens (tertiary/aromatic N) is 3. The highest BCUT2D eigenvalue weighted by molar-refractivity contribution is 7.91. The Morgan fingerprint density at radius 2 is 1.97 bits per heavy atom. The Morgan fingerprint density at radius 1 is 1.25 bits per heavy atom. The molecule has 0 radical (unpaired) electrons. The maximum atomic E-state index is 14.8. The molecule has 2 aromatic heterocycles. The van der Waals surface area contributed by atoms with Crippen LogP contribution in [0, 0.1) is 11.7 Å². The number of H-pyrrole nitrogens is 1. The van der Waals surface area contributed by atoms with Crippen LogP contribution in [0.5, 0.6) is 0 Å². The molecular formula is C20H16ClFN4O5S. The van der Waals surface area contributed by atoms with Gasteiger partial charge < -0.3 is 10.2 Å². The van der Waals surface area contributed by atoms with Crippen LogP contribution in [0.15, 0.2) is 49.8 Å². The molecular weight excluding hydrogens is 463 g/mol. The zero-order chi connectivity index (χ0) is 22.9. The first-order chi connectivity index (χ1) is 15.1. The Balaban J connectivity index is 1.76. The van der Waals surface area contributed by atoms with Gasteiger partial charge in [0.2, 0.25) is 9.84 Å². The van der Waals surface area contributed by atoms with E-state index < -0.39 is 31.8 Å². The number of benzene rings is 2. The predicted octanol–water partition coefficient (Wildman–Crippen LogP) is 2.87. The summed E-state index contributed by atoms with van der Waals surface area (Å²) in [6.45, 7) is 2.09. The molecule has 0 bridgehead atoms. The van der Waals surface area contributed by atoms with Gasteiger partial charge in [-0.05, 0) is 43.0 Å². The van der Waals surface area contributed by atoms with E-state index in [-0.39, 0.29) is 37.0 Å². The number of hydrogen-bond donors (Lipinski definition) is 2. The lowest BCUT2D eigenvalue weighted by Gasteiger charge is -2.33. The van der Waals surface area contributed by atoms with Gasteiger partial charge in [0.15, 0.2) is 0 Å². The Morgan fingerprint density at radius 3 is 2.66 bits per heavy atom. The van der Waals surface area contributed by atoms with Crippen LogP contribution >= 0.6 is 11.6 Å². The molecule has 0 atom stereocenters. The normalized spacial score (nSPS) is 18.8. The van der Waals surface area contributed by atoms with E-state index in [1.54, 1.807) is 4.68 Å². The number of nitrogens with one attached hydrogen (secondary N) is 1. The first-order valence-corrected chi connectivity index (χ1v) is 11.5. The van der Waals surface area contributed by atoms with Gasteiger partial charge in [0.05, 0.1) is 48.9 Å². The van der Waals surface area contributed by atoms with E-state index in [4.69, 9.17) is 11.6 Å². The van der Waals surface area contributed by atoms with Crippen LogP contribution in [0.2, 0.25) is 5.02 Å². The zero-order valence-corrected chi connectivity index (χ0v) is 18.1. The van der Waals surface area contributed by atoms with Crippen LogP contribution in [-0.2, 0) is 9.84 Å². The van der Waals surface area contributed by atoms with Crippen LogP contribution in [0.25, 0.3) is 21.8 Å². The molecule has 5 rings (SSSR count). The van der Waals surface area contributed by atoms with Crippen LogP contribution < -0.4 is 11.2 Å². The number of aromatic nitrogens is 4. The SMILES string of the molecule is CC1CC(n2ncc3c(F)cc(S(=O)(=O)c4ccc(Cl)c5c(=O)n(O)c(=O)[nH]c45)cc32)C1.